The molecule has 0 aromatic carbocycles. The Labute approximate surface area is 111 Å². The molecule has 1 unspecified atom stereocenters. The maximum Gasteiger partial charge on any atom is 0.156 e. The van der Waals surface area contributed by atoms with Crippen molar-refractivity contribution in [2.75, 3.05) is 18.0 Å². The molecule has 0 aliphatic carbocycles. The molecule has 4 heteroatoms. The van der Waals surface area contributed by atoms with Crippen LogP contribution in [0.25, 0.3) is 0 Å². The molecule has 2 N–H and O–H groups in total. The third-order valence-corrected chi connectivity index (χ3v) is 3.67. The first-order valence-electron chi connectivity index (χ1n) is 6.82. The molecule has 0 radical (unpaired) electrons. The minimum absolute atomic E-state index is 0.522. The van der Waals surface area contributed by atoms with E-state index in [1.165, 1.54) is 12.0 Å². The van der Waals surface area contributed by atoms with Gasteiger partial charge in [0.15, 0.2) is 5.82 Å². The summed E-state index contributed by atoms with van der Waals surface area (Å²) in [5.74, 6) is 1.61. The number of anilines is 1. The summed E-state index contributed by atoms with van der Waals surface area (Å²) in [4.78, 5) is 2.29. The van der Waals surface area contributed by atoms with E-state index in [-0.39, 0.29) is 0 Å². The number of rotatable bonds is 6. The molecule has 1 atom stereocenters. The highest BCUT2D eigenvalue weighted by molar-refractivity contribution is 5.50. The Morgan fingerprint density at radius 3 is 2.39 bits per heavy atom. The zero-order valence-electron chi connectivity index (χ0n) is 12.3. The number of hydrogen-bond acceptors (Lipinski definition) is 4. The molecule has 0 aliphatic rings. The fourth-order valence-corrected chi connectivity index (χ4v) is 2.01. The minimum atomic E-state index is 0.522. The topological polar surface area (TPSA) is 55.0 Å². The summed E-state index contributed by atoms with van der Waals surface area (Å²) >= 11 is 0. The molecule has 0 bridgehead atoms. The van der Waals surface area contributed by atoms with Crippen LogP contribution in [0.1, 0.15) is 44.0 Å². The average Bonchev–Trinajstić information content (AvgIpc) is 2.38. The van der Waals surface area contributed by atoms with Gasteiger partial charge in [0.25, 0.3) is 0 Å². The van der Waals surface area contributed by atoms with E-state index < -0.39 is 0 Å². The summed E-state index contributed by atoms with van der Waals surface area (Å²) in [5.41, 5.74) is 9.16. The van der Waals surface area contributed by atoms with Crippen molar-refractivity contribution in [3.8, 4) is 0 Å². The van der Waals surface area contributed by atoms with Gasteiger partial charge in [-0.05, 0) is 32.3 Å². The predicted octanol–water partition coefficient (Wildman–Crippen LogP) is 2.42. The van der Waals surface area contributed by atoms with E-state index in [4.69, 9.17) is 5.73 Å². The Kier molecular flexibility index (Phi) is 5.54. The van der Waals surface area contributed by atoms with Crippen molar-refractivity contribution >= 4 is 5.82 Å². The molecule has 1 rings (SSSR count). The van der Waals surface area contributed by atoms with Gasteiger partial charge < -0.3 is 10.6 Å². The Morgan fingerprint density at radius 2 is 1.89 bits per heavy atom. The summed E-state index contributed by atoms with van der Waals surface area (Å²) in [6.07, 6.45) is 1.17. The van der Waals surface area contributed by atoms with Gasteiger partial charge in [-0.1, -0.05) is 20.3 Å². The van der Waals surface area contributed by atoms with Crippen molar-refractivity contribution in [2.24, 2.45) is 11.7 Å². The number of hydrogen-bond donors (Lipinski definition) is 1. The summed E-state index contributed by atoms with van der Waals surface area (Å²) < 4.78 is 0. The van der Waals surface area contributed by atoms with E-state index in [2.05, 4.69) is 42.8 Å². The maximum absolute atomic E-state index is 5.88. The molecule has 0 saturated heterocycles. The third kappa shape index (κ3) is 3.19. The Balaban J connectivity index is 3.09. The fraction of sp³-hybridized carbons (Fsp3) is 0.714. The van der Waals surface area contributed by atoms with Crippen LogP contribution in [0.4, 0.5) is 5.82 Å². The highest BCUT2D eigenvalue weighted by atomic mass is 15.3. The maximum atomic E-state index is 5.88. The molecular formula is C14H26N4. The zero-order chi connectivity index (χ0) is 13.7. The highest BCUT2D eigenvalue weighted by Crippen LogP contribution is 2.22. The van der Waals surface area contributed by atoms with Crippen LogP contribution in [0.15, 0.2) is 0 Å². The monoisotopic (exact) mass is 250 g/mol. The van der Waals surface area contributed by atoms with Crippen LogP contribution in [0.5, 0.6) is 0 Å². The first-order valence-corrected chi connectivity index (χ1v) is 6.82. The quantitative estimate of drug-likeness (QED) is 0.842. The molecule has 0 fully saturated rings. The van der Waals surface area contributed by atoms with E-state index in [0.29, 0.717) is 12.5 Å². The van der Waals surface area contributed by atoms with Crippen molar-refractivity contribution in [2.45, 2.75) is 47.6 Å². The molecule has 1 aromatic rings. The highest BCUT2D eigenvalue weighted by Gasteiger charge is 2.16. The molecule has 18 heavy (non-hydrogen) atoms. The number of aromatic nitrogens is 2. The van der Waals surface area contributed by atoms with Gasteiger partial charge in [0.1, 0.15) is 0 Å². The summed E-state index contributed by atoms with van der Waals surface area (Å²) in [5, 5.41) is 8.61. The van der Waals surface area contributed by atoms with Crippen LogP contribution >= 0.6 is 0 Å². The molecule has 1 aromatic heterocycles. The molecule has 0 spiro atoms. The first-order chi connectivity index (χ1) is 8.54. The summed E-state index contributed by atoms with van der Waals surface area (Å²) in [6, 6.07) is 0. The molecule has 0 saturated carbocycles. The van der Waals surface area contributed by atoms with Crippen molar-refractivity contribution in [1.82, 2.24) is 10.2 Å². The Morgan fingerprint density at radius 1 is 1.22 bits per heavy atom. The van der Waals surface area contributed by atoms with E-state index >= 15 is 0 Å². The molecule has 102 valence electrons. The van der Waals surface area contributed by atoms with Crippen LogP contribution in [-0.2, 0) is 6.54 Å². The van der Waals surface area contributed by atoms with Crippen LogP contribution in [0.2, 0.25) is 0 Å². The van der Waals surface area contributed by atoms with Gasteiger partial charge in [0, 0.05) is 25.2 Å². The lowest BCUT2D eigenvalue weighted by Gasteiger charge is -2.27. The van der Waals surface area contributed by atoms with Crippen LogP contribution in [0.3, 0.4) is 0 Å². The molecule has 0 aliphatic heterocycles. The largest absolute Gasteiger partial charge is 0.355 e. The predicted molar refractivity (Wildman–Crippen MR) is 76.7 cm³/mol. The van der Waals surface area contributed by atoms with Gasteiger partial charge in [0.05, 0.1) is 5.69 Å². The van der Waals surface area contributed by atoms with Gasteiger partial charge in [-0.3, -0.25) is 0 Å². The second kappa shape index (κ2) is 6.69. The van der Waals surface area contributed by atoms with Crippen molar-refractivity contribution < 1.29 is 0 Å². The Hall–Kier alpha value is -1.16. The zero-order valence-corrected chi connectivity index (χ0v) is 12.3. The van der Waals surface area contributed by atoms with E-state index in [1.54, 1.807) is 0 Å². The lowest BCUT2D eigenvalue weighted by atomic mass is 10.1. The fourth-order valence-electron chi connectivity index (χ4n) is 2.01. The van der Waals surface area contributed by atoms with E-state index in [9.17, 15) is 0 Å². The van der Waals surface area contributed by atoms with Gasteiger partial charge in [-0.15, -0.1) is 5.10 Å². The van der Waals surface area contributed by atoms with Crippen molar-refractivity contribution in [1.29, 1.82) is 0 Å². The Bertz CT molecular complexity index is 390. The number of nitrogens with zero attached hydrogens (tertiary/aromatic N) is 3. The van der Waals surface area contributed by atoms with Gasteiger partial charge in [-0.25, -0.2) is 0 Å². The smallest absolute Gasteiger partial charge is 0.156 e. The normalized spacial score (nSPS) is 12.6. The lowest BCUT2D eigenvalue weighted by molar-refractivity contribution is 0.542. The van der Waals surface area contributed by atoms with Crippen LogP contribution < -0.4 is 10.6 Å². The molecule has 4 nitrogen and oxygen atoms in total. The molecule has 1 heterocycles. The van der Waals surface area contributed by atoms with Crippen molar-refractivity contribution in [3.05, 3.63) is 16.8 Å². The standard InChI is InChI=1S/C14H26N4/c1-6-10(3)9-18(7-2)14-13(8-15)11(4)12(5)16-17-14/h10H,6-9,15H2,1-5H3. The molecule has 0 amide bonds. The van der Waals surface area contributed by atoms with Gasteiger partial charge in [-0.2, -0.15) is 5.10 Å². The van der Waals surface area contributed by atoms with Crippen molar-refractivity contribution in [3.63, 3.8) is 0 Å². The summed E-state index contributed by atoms with van der Waals surface area (Å²) in [7, 11) is 0. The number of aryl methyl sites for hydroxylation is 1. The third-order valence-electron chi connectivity index (χ3n) is 3.67. The lowest BCUT2D eigenvalue weighted by Crippen LogP contribution is -2.31. The number of nitrogens with two attached hydrogens (primary N) is 1. The molecular weight excluding hydrogens is 224 g/mol. The SMILES string of the molecule is CCC(C)CN(CC)c1nnc(C)c(C)c1CN. The van der Waals surface area contributed by atoms with E-state index in [0.717, 1.165) is 30.2 Å². The van der Waals surface area contributed by atoms with Gasteiger partial charge in [0.2, 0.25) is 0 Å². The average molecular weight is 250 g/mol. The second-order valence-corrected chi connectivity index (χ2v) is 4.97. The minimum Gasteiger partial charge on any atom is -0.355 e. The van der Waals surface area contributed by atoms with Gasteiger partial charge >= 0.3 is 0 Å². The summed E-state index contributed by atoms with van der Waals surface area (Å²) in [6.45, 7) is 13.2. The van der Waals surface area contributed by atoms with Crippen LogP contribution in [-0.4, -0.2) is 23.3 Å². The van der Waals surface area contributed by atoms with E-state index in [1.807, 2.05) is 6.92 Å². The second-order valence-electron chi connectivity index (χ2n) is 4.97. The first kappa shape index (κ1) is 14.9. The van der Waals surface area contributed by atoms with Crippen LogP contribution in [0, 0.1) is 19.8 Å².